The highest BCUT2D eigenvalue weighted by Gasteiger charge is 2.20. The molecule has 0 bridgehead atoms. The van der Waals surface area contributed by atoms with Crippen molar-refractivity contribution >= 4 is 33.8 Å². The fourth-order valence-electron chi connectivity index (χ4n) is 2.60. The fraction of sp³-hybridized carbons (Fsp3) is 0.222. The number of nitrogens with one attached hydrogen (secondary N) is 1. The van der Waals surface area contributed by atoms with Gasteiger partial charge in [-0.25, -0.2) is 4.98 Å². The lowest BCUT2D eigenvalue weighted by atomic mass is 10.1. The smallest absolute Gasteiger partial charge is 0.271 e. The van der Waals surface area contributed by atoms with E-state index in [1.807, 2.05) is 31.2 Å². The Hall–Kier alpha value is -3.00. The van der Waals surface area contributed by atoms with Gasteiger partial charge in [-0.3, -0.25) is 18.8 Å². The highest BCUT2D eigenvalue weighted by molar-refractivity contribution is 7.15. The average Bonchev–Trinajstić information content (AvgIpc) is 3.11. The summed E-state index contributed by atoms with van der Waals surface area (Å²) in [5.41, 5.74) is 1.23. The van der Waals surface area contributed by atoms with Crippen LogP contribution in [0.2, 0.25) is 0 Å². The molecule has 1 N–H and O–H groups in total. The Morgan fingerprint density at radius 2 is 2.08 bits per heavy atom. The van der Waals surface area contributed by atoms with Gasteiger partial charge in [0, 0.05) is 30.5 Å². The summed E-state index contributed by atoms with van der Waals surface area (Å²) in [6.07, 6.45) is 3.62. The lowest BCUT2D eigenvalue weighted by Gasteiger charge is -2.17. The summed E-state index contributed by atoms with van der Waals surface area (Å²) < 4.78 is 1.32. The van der Waals surface area contributed by atoms with Crippen LogP contribution in [-0.2, 0) is 11.2 Å². The number of thiazole rings is 1. The number of carbonyl (C=O) groups excluding carboxylic acids is 2. The van der Waals surface area contributed by atoms with Gasteiger partial charge in [0.05, 0.1) is 6.54 Å². The molecule has 0 aliphatic carbocycles. The normalized spacial score (nSPS) is 10.7. The Morgan fingerprint density at radius 1 is 1.31 bits per heavy atom. The Kier molecular flexibility index (Phi) is 5.13. The van der Waals surface area contributed by atoms with Gasteiger partial charge in [-0.15, -0.1) is 11.3 Å². The van der Waals surface area contributed by atoms with Crippen molar-refractivity contribution in [2.75, 3.05) is 18.9 Å². The Morgan fingerprint density at radius 3 is 2.85 bits per heavy atom. The quantitative estimate of drug-likeness (QED) is 0.745. The van der Waals surface area contributed by atoms with Crippen LogP contribution in [0.1, 0.15) is 22.8 Å². The molecule has 0 saturated heterocycles. The van der Waals surface area contributed by atoms with Gasteiger partial charge in [-0.2, -0.15) is 0 Å². The Labute approximate surface area is 153 Å². The predicted octanol–water partition coefficient (Wildman–Crippen LogP) is 2.03. The number of hydrogen-bond donors (Lipinski definition) is 1. The molecule has 8 heteroatoms. The first-order valence-corrected chi connectivity index (χ1v) is 8.97. The van der Waals surface area contributed by atoms with Gasteiger partial charge in [0.2, 0.25) is 5.91 Å². The van der Waals surface area contributed by atoms with Gasteiger partial charge in [0.25, 0.3) is 11.5 Å². The number of fused-ring (bicyclic) bond motifs is 1. The first-order valence-electron chi connectivity index (χ1n) is 8.09. The van der Waals surface area contributed by atoms with Crippen molar-refractivity contribution in [2.24, 2.45) is 0 Å². The van der Waals surface area contributed by atoms with Crippen molar-refractivity contribution in [2.45, 2.75) is 13.3 Å². The molecule has 0 unspecified atom stereocenters. The maximum absolute atomic E-state index is 12.5. The van der Waals surface area contributed by atoms with Crippen molar-refractivity contribution in [1.29, 1.82) is 0 Å². The number of hydrogen-bond acceptors (Lipinski definition) is 5. The second kappa shape index (κ2) is 7.49. The molecule has 0 spiro atoms. The van der Waals surface area contributed by atoms with Crippen molar-refractivity contribution in [3.63, 3.8) is 0 Å². The SMILES string of the molecule is CCc1ccccc1NC(=O)CN(C)C(=O)c1cnc2sccn2c1=O. The second-order valence-electron chi connectivity index (χ2n) is 5.75. The number of nitrogens with zero attached hydrogens (tertiary/aromatic N) is 3. The van der Waals surface area contributed by atoms with E-state index in [9.17, 15) is 14.4 Å². The third kappa shape index (κ3) is 3.50. The molecule has 1 aromatic carbocycles. The van der Waals surface area contributed by atoms with Crippen LogP contribution < -0.4 is 10.9 Å². The number of amides is 2. The first-order chi connectivity index (χ1) is 12.5. The van der Waals surface area contributed by atoms with Crippen molar-refractivity contribution in [3.05, 3.63) is 63.5 Å². The van der Waals surface area contributed by atoms with Gasteiger partial charge in [-0.1, -0.05) is 25.1 Å². The summed E-state index contributed by atoms with van der Waals surface area (Å²) in [6, 6.07) is 7.50. The topological polar surface area (TPSA) is 83.8 Å². The van der Waals surface area contributed by atoms with Crippen LogP contribution in [-0.4, -0.2) is 39.7 Å². The highest BCUT2D eigenvalue weighted by Crippen LogP contribution is 2.15. The second-order valence-corrected chi connectivity index (χ2v) is 6.63. The minimum absolute atomic E-state index is 0.0647. The largest absolute Gasteiger partial charge is 0.332 e. The van der Waals surface area contributed by atoms with Crippen LogP contribution in [0.15, 0.2) is 46.8 Å². The number of aromatic nitrogens is 2. The Bertz CT molecular complexity index is 1020. The molecule has 2 aromatic heterocycles. The fourth-order valence-corrected chi connectivity index (χ4v) is 3.28. The first kappa shape index (κ1) is 17.8. The van der Waals surface area contributed by atoms with Crippen LogP contribution in [0.3, 0.4) is 0 Å². The van der Waals surface area contributed by atoms with Gasteiger partial charge >= 0.3 is 0 Å². The molecule has 3 rings (SSSR count). The Balaban J connectivity index is 1.73. The van der Waals surface area contributed by atoms with E-state index in [1.54, 1.807) is 11.6 Å². The molecule has 134 valence electrons. The number of para-hydroxylation sites is 1. The zero-order valence-corrected chi connectivity index (χ0v) is 15.2. The van der Waals surface area contributed by atoms with Crippen LogP contribution in [0, 0.1) is 0 Å². The van der Waals surface area contributed by atoms with Crippen LogP contribution in [0.4, 0.5) is 5.69 Å². The molecule has 3 aromatic rings. The number of aryl methyl sites for hydroxylation is 1. The van der Waals surface area contributed by atoms with Gasteiger partial charge < -0.3 is 10.2 Å². The maximum atomic E-state index is 12.5. The molecule has 26 heavy (non-hydrogen) atoms. The van der Waals surface area contributed by atoms with E-state index in [2.05, 4.69) is 10.3 Å². The van der Waals surface area contributed by atoms with E-state index in [0.29, 0.717) is 4.96 Å². The summed E-state index contributed by atoms with van der Waals surface area (Å²) in [5, 5.41) is 4.53. The van der Waals surface area contributed by atoms with Crippen LogP contribution in [0.5, 0.6) is 0 Å². The van der Waals surface area contributed by atoms with E-state index in [-0.39, 0.29) is 18.0 Å². The zero-order chi connectivity index (χ0) is 18.7. The summed E-state index contributed by atoms with van der Waals surface area (Å²) >= 11 is 1.31. The lowest BCUT2D eigenvalue weighted by molar-refractivity contribution is -0.116. The van der Waals surface area contributed by atoms with E-state index in [4.69, 9.17) is 0 Å². The molecule has 7 nitrogen and oxygen atoms in total. The zero-order valence-electron chi connectivity index (χ0n) is 14.4. The molecular weight excluding hydrogens is 352 g/mol. The number of carbonyl (C=O) groups is 2. The third-order valence-corrected chi connectivity index (χ3v) is 4.74. The average molecular weight is 370 g/mol. The summed E-state index contributed by atoms with van der Waals surface area (Å²) in [6.45, 7) is 1.84. The number of anilines is 1. The van der Waals surface area contributed by atoms with Gasteiger partial charge in [-0.05, 0) is 18.1 Å². The van der Waals surface area contributed by atoms with Crippen LogP contribution >= 0.6 is 11.3 Å². The molecule has 0 radical (unpaired) electrons. The maximum Gasteiger partial charge on any atom is 0.271 e. The van der Waals surface area contributed by atoms with E-state index in [0.717, 1.165) is 17.7 Å². The number of benzene rings is 1. The third-order valence-electron chi connectivity index (χ3n) is 3.97. The highest BCUT2D eigenvalue weighted by atomic mass is 32.1. The van der Waals surface area contributed by atoms with Gasteiger partial charge in [0.15, 0.2) is 4.96 Å². The number of likely N-dealkylation sites (N-methyl/N-ethyl adjacent to an activating group) is 1. The van der Waals surface area contributed by atoms with Gasteiger partial charge in [0.1, 0.15) is 5.56 Å². The molecular formula is C18H18N4O3S. The van der Waals surface area contributed by atoms with Crippen molar-refractivity contribution in [1.82, 2.24) is 14.3 Å². The number of rotatable bonds is 5. The van der Waals surface area contributed by atoms with E-state index < -0.39 is 11.5 Å². The minimum atomic E-state index is -0.540. The summed E-state index contributed by atoms with van der Waals surface area (Å²) in [4.78, 5) is 43.0. The van der Waals surface area contributed by atoms with E-state index >= 15 is 0 Å². The summed E-state index contributed by atoms with van der Waals surface area (Å²) in [7, 11) is 1.48. The molecule has 2 heterocycles. The molecule has 0 fully saturated rings. The molecule has 0 saturated carbocycles. The molecule has 0 atom stereocenters. The standard InChI is InChI=1S/C18H18N4O3S/c1-3-12-6-4-5-7-14(12)20-15(23)11-21(2)16(24)13-10-19-18-22(17(13)25)8-9-26-18/h4-10H,3,11H2,1-2H3,(H,20,23). The van der Waals surface area contributed by atoms with E-state index in [1.165, 1.54) is 33.9 Å². The lowest BCUT2D eigenvalue weighted by Crippen LogP contribution is -2.38. The van der Waals surface area contributed by atoms with Crippen molar-refractivity contribution < 1.29 is 9.59 Å². The minimum Gasteiger partial charge on any atom is -0.332 e. The monoisotopic (exact) mass is 370 g/mol. The van der Waals surface area contributed by atoms with Crippen LogP contribution in [0.25, 0.3) is 4.96 Å². The predicted molar refractivity (Wildman–Crippen MR) is 101 cm³/mol. The van der Waals surface area contributed by atoms with Crippen molar-refractivity contribution in [3.8, 4) is 0 Å². The molecule has 0 aliphatic rings. The molecule has 0 aliphatic heterocycles. The molecule has 2 amide bonds. The summed E-state index contributed by atoms with van der Waals surface area (Å²) in [5.74, 6) is -0.867.